The highest BCUT2D eigenvalue weighted by Gasteiger charge is 2.45. The standard InChI is InChI=1S/C33H33Cl2N7O4/c1-23-37-38-32(43)42(23)27-5-3-25(4-6-27)40-14-16-41(17-15-40)26-7-9-28(10-8-26)44-19-29-20-45-33(46-29,21-39-13-12-36-22-39)30-11-2-24(34)18-31(30)35/h2-13,18,22,29H,14-17,19-21H2,1H3,(H,38,43)/t29-,33?/m1/s1. The molecule has 3 aromatic carbocycles. The van der Waals surface area contributed by atoms with Crippen molar-refractivity contribution < 1.29 is 14.2 Å². The molecule has 0 spiro atoms. The van der Waals surface area contributed by atoms with E-state index in [2.05, 4.69) is 49.2 Å². The lowest BCUT2D eigenvalue weighted by molar-refractivity contribution is -0.189. The Morgan fingerprint density at radius 2 is 1.63 bits per heavy atom. The lowest BCUT2D eigenvalue weighted by Gasteiger charge is -2.37. The number of benzene rings is 3. The Morgan fingerprint density at radius 3 is 2.24 bits per heavy atom. The maximum absolute atomic E-state index is 12.1. The van der Waals surface area contributed by atoms with Gasteiger partial charge in [0, 0.05) is 60.5 Å². The van der Waals surface area contributed by atoms with Crippen LogP contribution in [0.1, 0.15) is 11.4 Å². The van der Waals surface area contributed by atoms with E-state index in [1.54, 1.807) is 36.1 Å². The molecular weight excluding hydrogens is 629 g/mol. The van der Waals surface area contributed by atoms with Crippen LogP contribution >= 0.6 is 23.2 Å². The van der Waals surface area contributed by atoms with Crippen molar-refractivity contribution in [1.82, 2.24) is 24.3 Å². The molecule has 0 radical (unpaired) electrons. The van der Waals surface area contributed by atoms with Crippen molar-refractivity contribution in [1.29, 1.82) is 0 Å². The molecule has 2 aromatic heterocycles. The molecule has 0 amide bonds. The zero-order chi connectivity index (χ0) is 31.7. The summed E-state index contributed by atoms with van der Waals surface area (Å²) in [5.74, 6) is 0.296. The monoisotopic (exact) mass is 661 g/mol. The smallest absolute Gasteiger partial charge is 0.347 e. The van der Waals surface area contributed by atoms with Gasteiger partial charge in [0.2, 0.25) is 5.79 Å². The van der Waals surface area contributed by atoms with Crippen molar-refractivity contribution in [3.63, 3.8) is 0 Å². The van der Waals surface area contributed by atoms with E-state index in [9.17, 15) is 4.79 Å². The Labute approximate surface area is 275 Å². The summed E-state index contributed by atoms with van der Waals surface area (Å²) in [5.41, 5.74) is 3.55. The van der Waals surface area contributed by atoms with Crippen LogP contribution in [-0.2, 0) is 21.8 Å². The minimum absolute atomic E-state index is 0.237. The Morgan fingerprint density at radius 1 is 0.957 bits per heavy atom. The van der Waals surface area contributed by atoms with E-state index in [0.717, 1.165) is 49.0 Å². The van der Waals surface area contributed by atoms with E-state index in [1.807, 2.05) is 41.1 Å². The summed E-state index contributed by atoms with van der Waals surface area (Å²) < 4.78 is 22.4. The largest absolute Gasteiger partial charge is 0.491 e. The molecule has 0 aliphatic carbocycles. The molecule has 2 atom stereocenters. The Hall–Kier alpha value is -4.29. The van der Waals surface area contributed by atoms with Gasteiger partial charge in [0.05, 0.1) is 30.2 Å². The number of rotatable bonds is 9. The van der Waals surface area contributed by atoms with Crippen molar-refractivity contribution in [3.8, 4) is 11.4 Å². The van der Waals surface area contributed by atoms with E-state index in [4.69, 9.17) is 37.4 Å². The first-order chi connectivity index (χ1) is 22.4. The summed E-state index contributed by atoms with van der Waals surface area (Å²) in [4.78, 5) is 20.9. The van der Waals surface area contributed by atoms with Gasteiger partial charge < -0.3 is 28.6 Å². The number of imidazole rings is 1. The van der Waals surface area contributed by atoms with Gasteiger partial charge in [0.15, 0.2) is 0 Å². The van der Waals surface area contributed by atoms with Crippen LogP contribution in [0.2, 0.25) is 10.0 Å². The molecule has 238 valence electrons. The number of piperazine rings is 1. The average molecular weight is 663 g/mol. The summed E-state index contributed by atoms with van der Waals surface area (Å²) in [5, 5.41) is 7.49. The van der Waals surface area contributed by atoms with Gasteiger partial charge in [-0.1, -0.05) is 29.3 Å². The van der Waals surface area contributed by atoms with Crippen LogP contribution in [-0.4, -0.2) is 69.8 Å². The van der Waals surface area contributed by atoms with Crippen LogP contribution in [0, 0.1) is 6.92 Å². The maximum Gasteiger partial charge on any atom is 0.347 e. The van der Waals surface area contributed by atoms with Gasteiger partial charge in [-0.3, -0.25) is 0 Å². The van der Waals surface area contributed by atoms with Crippen LogP contribution in [0.3, 0.4) is 0 Å². The first-order valence-electron chi connectivity index (χ1n) is 15.1. The second kappa shape index (κ2) is 12.8. The summed E-state index contributed by atoms with van der Waals surface area (Å²) in [7, 11) is 0. The molecule has 2 saturated heterocycles. The van der Waals surface area contributed by atoms with Gasteiger partial charge >= 0.3 is 5.69 Å². The molecule has 0 bridgehead atoms. The predicted octanol–water partition coefficient (Wildman–Crippen LogP) is 5.05. The normalized spacial score (nSPS) is 19.9. The average Bonchev–Trinajstić information content (AvgIpc) is 3.82. The molecule has 13 heteroatoms. The third-order valence-corrected chi connectivity index (χ3v) is 8.93. The summed E-state index contributed by atoms with van der Waals surface area (Å²) in [6.07, 6.45) is 4.98. The number of H-pyrrole nitrogens is 1. The highest BCUT2D eigenvalue weighted by atomic mass is 35.5. The number of anilines is 2. The van der Waals surface area contributed by atoms with Crippen molar-refractivity contribution in [2.45, 2.75) is 25.4 Å². The van der Waals surface area contributed by atoms with Gasteiger partial charge in [-0.25, -0.2) is 19.4 Å². The fourth-order valence-corrected chi connectivity index (χ4v) is 6.59. The number of aromatic amines is 1. The molecule has 5 aromatic rings. The Balaban J connectivity index is 0.937. The van der Waals surface area contributed by atoms with E-state index in [1.165, 1.54) is 0 Å². The van der Waals surface area contributed by atoms with E-state index < -0.39 is 5.79 Å². The molecule has 0 saturated carbocycles. The van der Waals surface area contributed by atoms with Gasteiger partial charge in [0.25, 0.3) is 0 Å². The highest BCUT2D eigenvalue weighted by molar-refractivity contribution is 6.35. The lowest BCUT2D eigenvalue weighted by atomic mass is 10.1. The molecule has 11 nitrogen and oxygen atoms in total. The van der Waals surface area contributed by atoms with Gasteiger partial charge in [-0.2, -0.15) is 5.10 Å². The SMILES string of the molecule is Cc1n[nH]c(=O)n1-c1ccc(N2CCN(c3ccc(OC[C@@H]4COC(Cn5ccnc5)(c5ccc(Cl)cc5Cl)O4)cc3)CC2)cc1. The topological polar surface area (TPSA) is 103 Å². The van der Waals surface area contributed by atoms with Gasteiger partial charge in [-0.05, 0) is 67.6 Å². The molecule has 2 aliphatic heterocycles. The Bertz CT molecular complexity index is 1840. The van der Waals surface area contributed by atoms with Crippen molar-refractivity contribution in [2.75, 3.05) is 49.2 Å². The molecule has 4 heterocycles. The second-order valence-corrected chi connectivity index (χ2v) is 12.2. The third kappa shape index (κ3) is 6.23. The van der Waals surface area contributed by atoms with Crippen molar-refractivity contribution in [2.24, 2.45) is 0 Å². The zero-order valence-corrected chi connectivity index (χ0v) is 26.7. The molecule has 46 heavy (non-hydrogen) atoms. The molecule has 2 aliphatic rings. The first kappa shape index (κ1) is 30.4. The number of nitrogens with one attached hydrogen (secondary N) is 1. The van der Waals surface area contributed by atoms with Crippen LogP contribution in [0.5, 0.6) is 5.75 Å². The van der Waals surface area contributed by atoms with Gasteiger partial charge in [-0.15, -0.1) is 0 Å². The van der Waals surface area contributed by atoms with Crippen LogP contribution in [0.15, 0.2) is 90.2 Å². The second-order valence-electron chi connectivity index (χ2n) is 11.4. The van der Waals surface area contributed by atoms with E-state index in [0.29, 0.717) is 41.2 Å². The van der Waals surface area contributed by atoms with E-state index in [-0.39, 0.29) is 11.8 Å². The van der Waals surface area contributed by atoms with Gasteiger partial charge in [0.1, 0.15) is 24.3 Å². The summed E-state index contributed by atoms with van der Waals surface area (Å²) >= 11 is 12.8. The number of aryl methyl sites for hydroxylation is 1. The Kier molecular flexibility index (Phi) is 8.48. The minimum Gasteiger partial charge on any atom is -0.491 e. The van der Waals surface area contributed by atoms with Crippen molar-refractivity contribution in [3.05, 3.63) is 117 Å². The fraction of sp³-hybridized carbons (Fsp3) is 0.303. The number of halogens is 2. The molecule has 1 unspecified atom stereocenters. The molecule has 2 fully saturated rings. The van der Waals surface area contributed by atoms with Crippen LogP contribution in [0.25, 0.3) is 5.69 Å². The van der Waals surface area contributed by atoms with Crippen LogP contribution in [0.4, 0.5) is 11.4 Å². The number of aromatic nitrogens is 5. The third-order valence-electron chi connectivity index (χ3n) is 8.38. The first-order valence-corrected chi connectivity index (χ1v) is 15.8. The number of hydrogen-bond acceptors (Lipinski definition) is 8. The van der Waals surface area contributed by atoms with Crippen LogP contribution < -0.4 is 20.2 Å². The highest BCUT2D eigenvalue weighted by Crippen LogP contribution is 2.40. The molecule has 1 N–H and O–H groups in total. The number of hydrogen-bond donors (Lipinski definition) is 1. The molecule has 7 rings (SSSR count). The fourth-order valence-electron chi connectivity index (χ4n) is 6.03. The zero-order valence-electron chi connectivity index (χ0n) is 25.2. The summed E-state index contributed by atoms with van der Waals surface area (Å²) in [6.45, 7) is 6.41. The number of ether oxygens (including phenoxy) is 3. The van der Waals surface area contributed by atoms with E-state index >= 15 is 0 Å². The molecular formula is C33H33Cl2N7O4. The quantitative estimate of drug-likeness (QED) is 0.234. The summed E-state index contributed by atoms with van der Waals surface area (Å²) in [6, 6.07) is 21.5. The minimum atomic E-state index is -1.09. The van der Waals surface area contributed by atoms with Crippen molar-refractivity contribution >= 4 is 34.6 Å². The predicted molar refractivity (Wildman–Crippen MR) is 176 cm³/mol. The number of nitrogens with zero attached hydrogens (tertiary/aromatic N) is 6. The lowest BCUT2D eigenvalue weighted by Crippen LogP contribution is -2.46. The maximum atomic E-state index is 12.1.